The number of halogens is 4. The van der Waals surface area contributed by atoms with Gasteiger partial charge >= 0.3 is 0 Å². The second-order valence-electron chi connectivity index (χ2n) is 2.23. The maximum Gasteiger partial charge on any atom is 0.182 e. The fraction of sp³-hybridized carbons (Fsp3) is 1.00. The van der Waals surface area contributed by atoms with Crippen molar-refractivity contribution in [2.24, 2.45) is 0 Å². The monoisotopic (exact) mass is 174 g/mol. The number of thioether (sulfide) groups is 1. The van der Waals surface area contributed by atoms with Crippen LogP contribution in [0.25, 0.3) is 0 Å². The van der Waals surface area contributed by atoms with Gasteiger partial charge in [-0.1, -0.05) is 0 Å². The van der Waals surface area contributed by atoms with E-state index in [-0.39, 0.29) is 0 Å². The van der Waals surface area contributed by atoms with Crippen LogP contribution in [-0.4, -0.2) is 29.8 Å². The van der Waals surface area contributed by atoms with Crippen LogP contribution in [-0.2, 0) is 0 Å². The van der Waals surface area contributed by atoms with Crippen molar-refractivity contribution in [3.05, 3.63) is 0 Å². The molecule has 0 N–H and O–H groups in total. The molecule has 0 saturated carbocycles. The van der Waals surface area contributed by atoms with Gasteiger partial charge in [0.25, 0.3) is 0 Å². The summed E-state index contributed by atoms with van der Waals surface area (Å²) in [6.07, 6.45) is -2.30. The van der Waals surface area contributed by atoms with Crippen LogP contribution in [0.2, 0.25) is 0 Å². The SMILES string of the molecule is FCC1(F)CSC(F)C1F. The van der Waals surface area contributed by atoms with Crippen molar-refractivity contribution in [3.63, 3.8) is 0 Å². The molecule has 0 aromatic carbocycles. The summed E-state index contributed by atoms with van der Waals surface area (Å²) < 4.78 is 48.9. The van der Waals surface area contributed by atoms with Gasteiger partial charge in [-0.15, -0.1) is 11.8 Å². The van der Waals surface area contributed by atoms with E-state index in [0.717, 1.165) is 0 Å². The van der Waals surface area contributed by atoms with E-state index in [4.69, 9.17) is 0 Å². The molecular weight excluding hydrogens is 168 g/mol. The number of hydrogen-bond acceptors (Lipinski definition) is 1. The molecule has 0 amide bonds. The molecule has 1 heterocycles. The number of rotatable bonds is 1. The topological polar surface area (TPSA) is 0 Å². The van der Waals surface area contributed by atoms with Gasteiger partial charge in [-0.2, -0.15) is 0 Å². The van der Waals surface area contributed by atoms with Crippen molar-refractivity contribution in [2.75, 3.05) is 12.4 Å². The Kier molecular flexibility index (Phi) is 2.12. The van der Waals surface area contributed by atoms with Crippen LogP contribution in [0.3, 0.4) is 0 Å². The van der Waals surface area contributed by atoms with E-state index in [0.29, 0.717) is 11.8 Å². The average molecular weight is 174 g/mol. The Morgan fingerprint density at radius 3 is 2.30 bits per heavy atom. The second kappa shape index (κ2) is 2.60. The number of hydrogen-bond donors (Lipinski definition) is 0. The van der Waals surface area contributed by atoms with Crippen LogP contribution >= 0.6 is 11.8 Å². The zero-order valence-corrected chi connectivity index (χ0v) is 5.81. The molecule has 1 rings (SSSR count). The Balaban J connectivity index is 2.64. The van der Waals surface area contributed by atoms with Crippen molar-refractivity contribution >= 4 is 11.8 Å². The molecule has 1 aliphatic heterocycles. The van der Waals surface area contributed by atoms with Crippen molar-refractivity contribution < 1.29 is 17.6 Å². The molecule has 1 fully saturated rings. The highest BCUT2D eigenvalue weighted by Gasteiger charge is 2.51. The van der Waals surface area contributed by atoms with Crippen molar-refractivity contribution in [3.8, 4) is 0 Å². The van der Waals surface area contributed by atoms with Crippen molar-refractivity contribution in [1.82, 2.24) is 0 Å². The molecule has 60 valence electrons. The maximum absolute atomic E-state index is 12.7. The zero-order valence-electron chi connectivity index (χ0n) is 4.99. The van der Waals surface area contributed by atoms with E-state index in [2.05, 4.69) is 0 Å². The quantitative estimate of drug-likeness (QED) is 0.548. The zero-order chi connectivity index (χ0) is 7.78. The van der Waals surface area contributed by atoms with Crippen LogP contribution in [0, 0.1) is 0 Å². The lowest BCUT2D eigenvalue weighted by Crippen LogP contribution is -2.37. The summed E-state index contributed by atoms with van der Waals surface area (Å²) in [7, 11) is 0. The fourth-order valence-electron chi connectivity index (χ4n) is 0.729. The molecule has 0 aliphatic carbocycles. The molecule has 1 aliphatic rings. The minimum absolute atomic E-state index is 0.425. The lowest BCUT2D eigenvalue weighted by Gasteiger charge is -2.15. The van der Waals surface area contributed by atoms with Gasteiger partial charge in [-0.05, 0) is 0 Å². The molecule has 0 bridgehead atoms. The Bertz CT molecular complexity index is 131. The summed E-state index contributed by atoms with van der Waals surface area (Å²) in [5.41, 5.74) is -4.48. The average Bonchev–Trinajstić information content (AvgIpc) is 2.19. The summed E-state index contributed by atoms with van der Waals surface area (Å²) in [5, 5.41) is 0. The standard InChI is InChI=1S/C5H6F4S/c6-1-5(9)2-10-4(8)3(5)7/h3-4H,1-2H2. The Morgan fingerprint density at radius 2 is 2.10 bits per heavy atom. The smallest absolute Gasteiger partial charge is 0.182 e. The van der Waals surface area contributed by atoms with Crippen LogP contribution in [0.4, 0.5) is 17.6 Å². The first-order chi connectivity index (χ1) is 4.60. The molecule has 0 nitrogen and oxygen atoms in total. The first-order valence-electron chi connectivity index (χ1n) is 2.75. The second-order valence-corrected chi connectivity index (χ2v) is 3.30. The largest absolute Gasteiger partial charge is 0.247 e. The first kappa shape index (κ1) is 8.17. The minimum atomic E-state index is -2.58. The van der Waals surface area contributed by atoms with E-state index in [1.54, 1.807) is 0 Å². The van der Waals surface area contributed by atoms with Crippen LogP contribution in [0.1, 0.15) is 0 Å². The van der Waals surface area contributed by atoms with Gasteiger partial charge in [-0.3, -0.25) is 0 Å². The molecule has 1 saturated heterocycles. The molecular formula is C5H6F4S. The van der Waals surface area contributed by atoms with Gasteiger partial charge in [0, 0.05) is 5.75 Å². The molecule has 3 unspecified atom stereocenters. The summed E-state index contributed by atoms with van der Waals surface area (Å²) in [5.74, 6) is -0.425. The normalized spacial score (nSPS) is 48.0. The van der Waals surface area contributed by atoms with E-state index < -0.39 is 29.8 Å². The summed E-state index contributed by atoms with van der Waals surface area (Å²) in [4.78, 5) is 0. The van der Waals surface area contributed by atoms with Crippen LogP contribution in [0.5, 0.6) is 0 Å². The van der Waals surface area contributed by atoms with E-state index in [1.807, 2.05) is 0 Å². The first-order valence-corrected chi connectivity index (χ1v) is 3.79. The highest BCUT2D eigenvalue weighted by atomic mass is 32.2. The predicted molar refractivity (Wildman–Crippen MR) is 32.1 cm³/mol. The van der Waals surface area contributed by atoms with Gasteiger partial charge in [0.15, 0.2) is 17.3 Å². The Hall–Kier alpha value is 0.0700. The molecule has 3 atom stereocenters. The Morgan fingerprint density at radius 1 is 1.50 bits per heavy atom. The Labute approximate surface area is 60.0 Å². The van der Waals surface area contributed by atoms with Gasteiger partial charge in [0.05, 0.1) is 0 Å². The highest BCUT2D eigenvalue weighted by molar-refractivity contribution is 8.00. The van der Waals surface area contributed by atoms with Gasteiger partial charge in [0.2, 0.25) is 0 Å². The van der Waals surface area contributed by atoms with Crippen LogP contribution < -0.4 is 0 Å². The summed E-state index contributed by atoms with van der Waals surface area (Å²) in [6, 6.07) is 0. The maximum atomic E-state index is 12.7. The third-order valence-corrected chi connectivity index (χ3v) is 2.63. The molecule has 0 aromatic rings. The number of alkyl halides is 4. The summed E-state index contributed by atoms with van der Waals surface area (Å²) in [6.45, 7) is -1.44. The lowest BCUT2D eigenvalue weighted by atomic mass is 10.1. The molecule has 0 aromatic heterocycles. The highest BCUT2D eigenvalue weighted by Crippen LogP contribution is 2.40. The van der Waals surface area contributed by atoms with E-state index in [9.17, 15) is 17.6 Å². The third-order valence-electron chi connectivity index (χ3n) is 1.43. The molecule has 0 radical (unpaired) electrons. The minimum Gasteiger partial charge on any atom is -0.247 e. The van der Waals surface area contributed by atoms with Gasteiger partial charge in [-0.25, -0.2) is 17.6 Å². The van der Waals surface area contributed by atoms with Crippen LogP contribution in [0.15, 0.2) is 0 Å². The van der Waals surface area contributed by atoms with E-state index in [1.165, 1.54) is 0 Å². The third kappa shape index (κ3) is 1.11. The van der Waals surface area contributed by atoms with Crippen molar-refractivity contribution in [2.45, 2.75) is 17.3 Å². The lowest BCUT2D eigenvalue weighted by molar-refractivity contribution is 0.0358. The molecule has 10 heavy (non-hydrogen) atoms. The van der Waals surface area contributed by atoms with Gasteiger partial charge in [0.1, 0.15) is 6.67 Å². The van der Waals surface area contributed by atoms with Crippen molar-refractivity contribution in [1.29, 1.82) is 0 Å². The predicted octanol–water partition coefficient (Wildman–Crippen LogP) is 2.04. The molecule has 5 heteroatoms. The van der Waals surface area contributed by atoms with E-state index >= 15 is 0 Å². The summed E-state index contributed by atoms with van der Waals surface area (Å²) >= 11 is 0.480. The fourth-order valence-corrected chi connectivity index (χ4v) is 1.81. The van der Waals surface area contributed by atoms with Gasteiger partial charge < -0.3 is 0 Å². The molecule has 0 spiro atoms.